The lowest BCUT2D eigenvalue weighted by Gasteiger charge is -2.29. The monoisotopic (exact) mass is 429 g/mol. The second-order valence-electron chi connectivity index (χ2n) is 6.50. The van der Waals surface area contributed by atoms with E-state index in [4.69, 9.17) is 16.3 Å². The zero-order valence-electron chi connectivity index (χ0n) is 15.9. The van der Waals surface area contributed by atoms with Crippen molar-refractivity contribution in [2.75, 3.05) is 5.88 Å². The first-order valence-electron chi connectivity index (χ1n) is 9.13. The average Bonchev–Trinajstić information content (AvgIpc) is 2.74. The van der Waals surface area contributed by atoms with Crippen molar-refractivity contribution < 1.29 is 13.9 Å². The van der Waals surface area contributed by atoms with Gasteiger partial charge in [-0.05, 0) is 54.3 Å². The molecule has 0 N–H and O–H groups in total. The van der Waals surface area contributed by atoms with Crippen molar-refractivity contribution in [1.29, 1.82) is 0 Å². The molecule has 29 heavy (non-hydrogen) atoms. The van der Waals surface area contributed by atoms with Crippen molar-refractivity contribution in [3.63, 3.8) is 0 Å². The van der Waals surface area contributed by atoms with Crippen LogP contribution in [0.4, 0.5) is 9.18 Å². The molecule has 150 valence electrons. The molecule has 0 unspecified atom stereocenters. The molecule has 0 aliphatic carbocycles. The fourth-order valence-corrected chi connectivity index (χ4v) is 4.06. The number of ether oxygens (including phenoxy) is 1. The van der Waals surface area contributed by atoms with E-state index in [-0.39, 0.29) is 18.3 Å². The number of amides is 1. The van der Waals surface area contributed by atoms with Gasteiger partial charge in [0.15, 0.2) is 0 Å². The first-order chi connectivity index (χ1) is 14.1. The third-order valence-corrected chi connectivity index (χ3v) is 5.65. The molecule has 0 saturated carbocycles. The van der Waals surface area contributed by atoms with Crippen LogP contribution >= 0.6 is 23.5 Å². The van der Waals surface area contributed by atoms with Crippen LogP contribution < -0.4 is 0 Å². The molecule has 1 atom stereocenters. The van der Waals surface area contributed by atoms with Crippen LogP contribution in [-0.4, -0.2) is 16.3 Å². The van der Waals surface area contributed by atoms with Crippen LogP contribution in [0.1, 0.15) is 22.7 Å². The van der Waals surface area contributed by atoms with Gasteiger partial charge in [-0.2, -0.15) is 0 Å². The highest BCUT2D eigenvalue weighted by Crippen LogP contribution is 2.34. The van der Waals surface area contributed by atoms with E-state index in [0.29, 0.717) is 5.56 Å². The van der Waals surface area contributed by atoms with E-state index < -0.39 is 12.1 Å². The van der Waals surface area contributed by atoms with Gasteiger partial charge in [0.25, 0.3) is 0 Å². The SMILES string of the molecule is Cc1ccc(SN(C(=O)OCc2ccccc2)[C@H](CCl)c2cccc(F)c2)cc1. The van der Waals surface area contributed by atoms with Crippen molar-refractivity contribution in [3.8, 4) is 0 Å². The molecular weight excluding hydrogens is 409 g/mol. The highest BCUT2D eigenvalue weighted by Gasteiger charge is 2.28. The third kappa shape index (κ3) is 5.99. The maximum atomic E-state index is 13.8. The molecule has 0 aliphatic rings. The summed E-state index contributed by atoms with van der Waals surface area (Å²) in [5.74, 6) is -0.279. The van der Waals surface area contributed by atoms with Crippen LogP contribution in [0, 0.1) is 12.7 Å². The summed E-state index contributed by atoms with van der Waals surface area (Å²) < 4.78 is 20.8. The molecule has 1 amide bonds. The molecule has 0 bridgehead atoms. The molecule has 0 aromatic heterocycles. The minimum Gasteiger partial charge on any atom is -0.444 e. The first kappa shape index (κ1) is 21.2. The molecule has 0 heterocycles. The molecular formula is C23H21ClFNO2S. The summed E-state index contributed by atoms with van der Waals surface area (Å²) in [4.78, 5) is 13.8. The van der Waals surface area contributed by atoms with E-state index in [0.717, 1.165) is 16.0 Å². The molecule has 0 fully saturated rings. The zero-order chi connectivity index (χ0) is 20.6. The zero-order valence-corrected chi connectivity index (χ0v) is 17.5. The summed E-state index contributed by atoms with van der Waals surface area (Å²) in [7, 11) is 0. The van der Waals surface area contributed by atoms with Crippen molar-refractivity contribution >= 4 is 29.6 Å². The smallest absolute Gasteiger partial charge is 0.421 e. The van der Waals surface area contributed by atoms with E-state index in [2.05, 4.69) is 0 Å². The Morgan fingerprint density at radius 3 is 2.45 bits per heavy atom. The number of aryl methyl sites for hydroxylation is 1. The molecule has 3 rings (SSSR count). The number of benzene rings is 3. The van der Waals surface area contributed by atoms with Gasteiger partial charge < -0.3 is 4.74 Å². The Bertz CT molecular complexity index is 937. The average molecular weight is 430 g/mol. The van der Waals surface area contributed by atoms with E-state index in [1.54, 1.807) is 12.1 Å². The van der Waals surface area contributed by atoms with E-state index in [1.807, 2.05) is 61.5 Å². The predicted octanol–water partition coefficient (Wildman–Crippen LogP) is 6.76. The standard InChI is InChI=1S/C23H21ClFNO2S/c1-17-10-12-21(13-11-17)29-26(22(15-24)19-8-5-9-20(25)14-19)23(27)28-16-18-6-3-2-4-7-18/h2-14,22H,15-16H2,1H3/t22-/m1/s1. The number of hydrogen-bond donors (Lipinski definition) is 0. The van der Waals surface area contributed by atoms with Gasteiger partial charge in [-0.25, -0.2) is 13.5 Å². The van der Waals surface area contributed by atoms with Crippen molar-refractivity contribution in [2.45, 2.75) is 24.5 Å². The number of nitrogens with zero attached hydrogens (tertiary/aromatic N) is 1. The van der Waals surface area contributed by atoms with Gasteiger partial charge >= 0.3 is 6.09 Å². The molecule has 3 aromatic carbocycles. The lowest BCUT2D eigenvalue weighted by Crippen LogP contribution is -2.30. The Hall–Kier alpha value is -2.50. The Balaban J connectivity index is 1.84. The molecule has 0 spiro atoms. The van der Waals surface area contributed by atoms with E-state index in [1.165, 1.54) is 28.4 Å². The van der Waals surface area contributed by atoms with Crippen molar-refractivity contribution in [1.82, 2.24) is 4.31 Å². The highest BCUT2D eigenvalue weighted by atomic mass is 35.5. The minimum atomic E-state index is -0.554. The Labute approximate surface area is 179 Å². The number of carbonyl (C=O) groups excluding carboxylic acids is 1. The van der Waals surface area contributed by atoms with Gasteiger partial charge in [0.1, 0.15) is 12.4 Å². The lowest BCUT2D eigenvalue weighted by molar-refractivity contribution is 0.114. The fraction of sp³-hybridized carbons (Fsp3) is 0.174. The van der Waals surface area contributed by atoms with Gasteiger partial charge in [-0.15, -0.1) is 11.6 Å². The van der Waals surface area contributed by atoms with Crippen LogP contribution in [0.25, 0.3) is 0 Å². The van der Waals surface area contributed by atoms with Gasteiger partial charge in [0.05, 0.1) is 6.04 Å². The molecule has 3 nitrogen and oxygen atoms in total. The van der Waals surface area contributed by atoms with Crippen LogP contribution in [0.5, 0.6) is 0 Å². The van der Waals surface area contributed by atoms with Crippen LogP contribution in [0.2, 0.25) is 0 Å². The quantitative estimate of drug-likeness (QED) is 0.307. The summed E-state index contributed by atoms with van der Waals surface area (Å²) >= 11 is 7.44. The second-order valence-corrected chi connectivity index (χ2v) is 7.85. The number of hydrogen-bond acceptors (Lipinski definition) is 3. The summed E-state index contributed by atoms with van der Waals surface area (Å²) in [5, 5.41) is 0. The van der Waals surface area contributed by atoms with Crippen LogP contribution in [0.15, 0.2) is 83.8 Å². The summed E-state index contributed by atoms with van der Waals surface area (Å²) in [5.41, 5.74) is 2.61. The highest BCUT2D eigenvalue weighted by molar-refractivity contribution is 7.97. The largest absolute Gasteiger partial charge is 0.444 e. The van der Waals surface area contributed by atoms with E-state index in [9.17, 15) is 9.18 Å². The number of halogens is 2. The lowest BCUT2D eigenvalue weighted by atomic mass is 10.1. The molecule has 0 radical (unpaired) electrons. The topological polar surface area (TPSA) is 29.5 Å². The maximum Gasteiger partial charge on any atom is 0.421 e. The Morgan fingerprint density at radius 2 is 1.79 bits per heavy atom. The molecule has 0 aliphatic heterocycles. The van der Waals surface area contributed by atoms with E-state index >= 15 is 0 Å². The predicted molar refractivity (Wildman–Crippen MR) is 115 cm³/mol. The van der Waals surface area contributed by atoms with Crippen LogP contribution in [0.3, 0.4) is 0 Å². The van der Waals surface area contributed by atoms with Gasteiger partial charge in [0, 0.05) is 10.8 Å². The summed E-state index contributed by atoms with van der Waals surface area (Å²) in [6.07, 6.45) is -0.533. The summed E-state index contributed by atoms with van der Waals surface area (Å²) in [6, 6.07) is 22.8. The number of rotatable bonds is 7. The first-order valence-corrected chi connectivity index (χ1v) is 10.4. The van der Waals surface area contributed by atoms with Crippen molar-refractivity contribution in [3.05, 3.63) is 101 Å². The van der Waals surface area contributed by atoms with Crippen LogP contribution in [-0.2, 0) is 11.3 Å². The summed E-state index contributed by atoms with van der Waals surface area (Å²) in [6.45, 7) is 2.14. The Kier molecular flexibility index (Phi) is 7.55. The molecule has 0 saturated heterocycles. The number of carbonyl (C=O) groups is 1. The van der Waals surface area contributed by atoms with Gasteiger partial charge in [0.2, 0.25) is 0 Å². The maximum absolute atomic E-state index is 13.8. The van der Waals surface area contributed by atoms with Gasteiger partial charge in [-0.1, -0.05) is 60.2 Å². The second kappa shape index (κ2) is 10.3. The minimum absolute atomic E-state index is 0.1000. The normalized spacial score (nSPS) is 11.7. The number of alkyl halides is 1. The molecule has 6 heteroatoms. The Morgan fingerprint density at radius 1 is 1.07 bits per heavy atom. The van der Waals surface area contributed by atoms with Gasteiger partial charge in [-0.3, -0.25) is 0 Å². The van der Waals surface area contributed by atoms with Crippen molar-refractivity contribution in [2.24, 2.45) is 0 Å². The molecule has 3 aromatic rings. The third-order valence-electron chi connectivity index (χ3n) is 4.27. The fourth-order valence-electron chi connectivity index (χ4n) is 2.72.